The van der Waals surface area contributed by atoms with E-state index in [1.54, 1.807) is 24.3 Å². The summed E-state index contributed by atoms with van der Waals surface area (Å²) in [5, 5.41) is 2.59. The number of carbonyl (C=O) groups excluding carboxylic acids is 3. The van der Waals surface area contributed by atoms with Crippen LogP contribution in [0.15, 0.2) is 36.5 Å². The highest BCUT2D eigenvalue weighted by Gasteiger charge is 2.42. The quantitative estimate of drug-likeness (QED) is 0.764. The van der Waals surface area contributed by atoms with E-state index in [0.717, 1.165) is 0 Å². The number of nitrogens with one attached hydrogen (secondary N) is 1. The Bertz CT molecular complexity index is 586. The van der Waals surface area contributed by atoms with Crippen LogP contribution in [0.1, 0.15) is 33.6 Å². The Hall–Kier alpha value is -2.43. The zero-order valence-electron chi connectivity index (χ0n) is 10.2. The fourth-order valence-corrected chi connectivity index (χ4v) is 2.54. The number of fused-ring (bicyclic) bond motifs is 1. The molecule has 3 rings (SSSR count). The number of piperidine rings is 1. The summed E-state index contributed by atoms with van der Waals surface area (Å²) in [5.41, 5.74) is 1.24. The van der Waals surface area contributed by atoms with Gasteiger partial charge in [0, 0.05) is 12.1 Å². The van der Waals surface area contributed by atoms with Crippen LogP contribution in [0, 0.1) is 0 Å². The minimum Gasteiger partial charge on any atom is -0.328 e. The molecule has 0 aromatic heterocycles. The molecule has 3 amide bonds. The Morgan fingerprint density at radius 1 is 1.11 bits per heavy atom. The highest BCUT2D eigenvalue weighted by molar-refractivity contribution is 6.21. The molecule has 1 aromatic carbocycles. The standard InChI is InChI=1S/C14H12N2O3/c1-8-11(6-7-12(17)15-8)16-13(18)9-4-2-3-5-10(9)14(16)19/h2-5,11H,1,6-7H2,(H,15,17). The fourth-order valence-electron chi connectivity index (χ4n) is 2.54. The van der Waals surface area contributed by atoms with Crippen LogP contribution in [0.5, 0.6) is 0 Å². The zero-order valence-corrected chi connectivity index (χ0v) is 10.2. The highest BCUT2D eigenvalue weighted by atomic mass is 16.2. The van der Waals surface area contributed by atoms with E-state index in [4.69, 9.17) is 0 Å². The number of carbonyl (C=O) groups is 3. The smallest absolute Gasteiger partial charge is 0.262 e. The lowest BCUT2D eigenvalue weighted by molar-refractivity contribution is -0.121. The molecule has 0 radical (unpaired) electrons. The summed E-state index contributed by atoms with van der Waals surface area (Å²) in [4.78, 5) is 37.0. The van der Waals surface area contributed by atoms with Crippen molar-refractivity contribution in [1.29, 1.82) is 0 Å². The van der Waals surface area contributed by atoms with E-state index in [2.05, 4.69) is 11.9 Å². The minimum atomic E-state index is -0.454. The summed E-state index contributed by atoms with van der Waals surface area (Å²) in [7, 11) is 0. The first kappa shape index (κ1) is 11.6. The average molecular weight is 256 g/mol. The molecule has 0 aliphatic carbocycles. The normalized spacial score (nSPS) is 22.5. The number of benzene rings is 1. The molecule has 2 aliphatic heterocycles. The molecule has 1 aromatic rings. The largest absolute Gasteiger partial charge is 0.328 e. The van der Waals surface area contributed by atoms with E-state index in [1.807, 2.05) is 0 Å². The van der Waals surface area contributed by atoms with E-state index >= 15 is 0 Å². The summed E-state index contributed by atoms with van der Waals surface area (Å²) in [6.07, 6.45) is 0.716. The van der Waals surface area contributed by atoms with Crippen molar-refractivity contribution in [2.24, 2.45) is 0 Å². The Labute approximate surface area is 109 Å². The van der Waals surface area contributed by atoms with Gasteiger partial charge in [0.1, 0.15) is 0 Å². The molecule has 1 saturated heterocycles. The van der Waals surface area contributed by atoms with Crippen molar-refractivity contribution in [3.05, 3.63) is 47.7 Å². The second kappa shape index (κ2) is 4.05. The molecule has 5 heteroatoms. The monoisotopic (exact) mass is 256 g/mol. The van der Waals surface area contributed by atoms with Crippen molar-refractivity contribution in [2.45, 2.75) is 18.9 Å². The third-order valence-corrected chi connectivity index (χ3v) is 3.48. The van der Waals surface area contributed by atoms with Gasteiger partial charge >= 0.3 is 0 Å². The van der Waals surface area contributed by atoms with Crippen LogP contribution in [0.2, 0.25) is 0 Å². The summed E-state index contributed by atoms with van der Waals surface area (Å²) >= 11 is 0. The summed E-state index contributed by atoms with van der Waals surface area (Å²) in [6.45, 7) is 3.74. The third kappa shape index (κ3) is 1.66. The Morgan fingerprint density at radius 3 is 2.21 bits per heavy atom. The van der Waals surface area contributed by atoms with Crippen LogP contribution in [-0.4, -0.2) is 28.7 Å². The summed E-state index contributed by atoms with van der Waals surface area (Å²) in [5.74, 6) is -0.761. The maximum atomic E-state index is 12.3. The van der Waals surface area contributed by atoms with Crippen molar-refractivity contribution in [2.75, 3.05) is 0 Å². The van der Waals surface area contributed by atoms with E-state index in [-0.39, 0.29) is 24.1 Å². The van der Waals surface area contributed by atoms with E-state index in [9.17, 15) is 14.4 Å². The number of rotatable bonds is 1. The third-order valence-electron chi connectivity index (χ3n) is 3.48. The van der Waals surface area contributed by atoms with Crippen LogP contribution < -0.4 is 5.32 Å². The molecule has 19 heavy (non-hydrogen) atoms. The lowest BCUT2D eigenvalue weighted by Crippen LogP contribution is -2.48. The lowest BCUT2D eigenvalue weighted by atomic mass is 10.0. The zero-order chi connectivity index (χ0) is 13.6. The molecular weight excluding hydrogens is 244 g/mol. The van der Waals surface area contributed by atoms with Crippen LogP contribution >= 0.6 is 0 Å². The summed E-state index contributed by atoms with van der Waals surface area (Å²) < 4.78 is 0. The van der Waals surface area contributed by atoms with Crippen molar-refractivity contribution in [3.63, 3.8) is 0 Å². The van der Waals surface area contributed by atoms with Gasteiger partial charge in [-0.2, -0.15) is 0 Å². The minimum absolute atomic E-state index is 0.127. The molecule has 0 spiro atoms. The molecule has 96 valence electrons. The molecule has 5 nitrogen and oxygen atoms in total. The van der Waals surface area contributed by atoms with Gasteiger partial charge < -0.3 is 5.32 Å². The Balaban J connectivity index is 1.96. The number of imide groups is 1. The van der Waals surface area contributed by atoms with Crippen molar-refractivity contribution < 1.29 is 14.4 Å². The van der Waals surface area contributed by atoms with E-state index in [1.165, 1.54) is 4.90 Å². The lowest BCUT2D eigenvalue weighted by Gasteiger charge is -2.31. The van der Waals surface area contributed by atoms with Crippen molar-refractivity contribution in [1.82, 2.24) is 10.2 Å². The molecule has 1 fully saturated rings. The molecule has 0 bridgehead atoms. The molecule has 1 unspecified atom stereocenters. The van der Waals surface area contributed by atoms with Crippen molar-refractivity contribution >= 4 is 17.7 Å². The molecule has 0 saturated carbocycles. The molecule has 2 aliphatic rings. The average Bonchev–Trinajstić information content (AvgIpc) is 2.64. The first-order chi connectivity index (χ1) is 9.09. The van der Waals surface area contributed by atoms with E-state index in [0.29, 0.717) is 23.2 Å². The van der Waals surface area contributed by atoms with Gasteiger partial charge in [0.25, 0.3) is 11.8 Å². The van der Waals surface area contributed by atoms with Crippen LogP contribution in [-0.2, 0) is 4.79 Å². The van der Waals surface area contributed by atoms with Crippen molar-refractivity contribution in [3.8, 4) is 0 Å². The van der Waals surface area contributed by atoms with Gasteiger partial charge in [0.15, 0.2) is 0 Å². The Kier molecular flexibility index (Phi) is 2.48. The Morgan fingerprint density at radius 2 is 1.68 bits per heavy atom. The second-order valence-corrected chi connectivity index (χ2v) is 4.65. The van der Waals surface area contributed by atoms with Gasteiger partial charge in [-0.1, -0.05) is 18.7 Å². The SMILES string of the molecule is C=C1NC(=O)CCC1N1C(=O)c2ccccc2C1=O. The van der Waals surface area contributed by atoms with Crippen LogP contribution in [0.3, 0.4) is 0 Å². The van der Waals surface area contributed by atoms with Gasteiger partial charge in [-0.25, -0.2) is 0 Å². The maximum absolute atomic E-state index is 12.3. The second-order valence-electron chi connectivity index (χ2n) is 4.65. The van der Waals surface area contributed by atoms with Gasteiger partial charge in [0.05, 0.1) is 17.2 Å². The molecule has 1 N–H and O–H groups in total. The van der Waals surface area contributed by atoms with Gasteiger partial charge in [0.2, 0.25) is 5.91 Å². The van der Waals surface area contributed by atoms with Gasteiger partial charge in [-0.3, -0.25) is 19.3 Å². The predicted molar refractivity (Wildman–Crippen MR) is 67.2 cm³/mol. The number of hydrogen-bond acceptors (Lipinski definition) is 3. The molecule has 2 heterocycles. The number of hydrogen-bond donors (Lipinski definition) is 1. The predicted octanol–water partition coefficient (Wildman–Crippen LogP) is 1.07. The van der Waals surface area contributed by atoms with Gasteiger partial charge in [-0.05, 0) is 18.6 Å². The summed E-state index contributed by atoms with van der Waals surface area (Å²) in [6, 6.07) is 6.28. The van der Waals surface area contributed by atoms with Crippen LogP contribution in [0.4, 0.5) is 0 Å². The highest BCUT2D eigenvalue weighted by Crippen LogP contribution is 2.29. The number of amides is 3. The topological polar surface area (TPSA) is 66.5 Å². The number of nitrogens with zero attached hydrogens (tertiary/aromatic N) is 1. The first-order valence-corrected chi connectivity index (χ1v) is 6.05. The first-order valence-electron chi connectivity index (χ1n) is 6.05. The molecular formula is C14H12N2O3. The van der Waals surface area contributed by atoms with Crippen LogP contribution in [0.25, 0.3) is 0 Å². The maximum Gasteiger partial charge on any atom is 0.262 e. The fraction of sp³-hybridized carbons (Fsp3) is 0.214. The molecule has 1 atom stereocenters. The van der Waals surface area contributed by atoms with E-state index < -0.39 is 6.04 Å². The van der Waals surface area contributed by atoms with Gasteiger partial charge in [-0.15, -0.1) is 0 Å².